The minimum Gasteiger partial charge on any atom is -0.324 e. The second-order valence-electron chi connectivity index (χ2n) is 5.87. The van der Waals surface area contributed by atoms with Crippen LogP contribution in [0.1, 0.15) is 54.4 Å². The van der Waals surface area contributed by atoms with Gasteiger partial charge in [-0.2, -0.15) is 0 Å². The van der Waals surface area contributed by atoms with Crippen LogP contribution in [0.2, 0.25) is 0 Å². The zero-order valence-corrected chi connectivity index (χ0v) is 12.5. The zero-order valence-electron chi connectivity index (χ0n) is 11.7. The molecule has 2 atom stereocenters. The van der Waals surface area contributed by atoms with Crippen molar-refractivity contribution in [2.75, 3.05) is 0 Å². The van der Waals surface area contributed by atoms with E-state index in [2.05, 4.69) is 18.6 Å². The topological polar surface area (TPSA) is 47.6 Å². The van der Waals surface area contributed by atoms with Gasteiger partial charge in [-0.15, -0.1) is 0 Å². The molecule has 1 saturated heterocycles. The average Bonchev–Trinajstić information content (AvgIpc) is 2.14. The van der Waals surface area contributed by atoms with Crippen LogP contribution in [0.5, 0.6) is 0 Å². The van der Waals surface area contributed by atoms with E-state index in [1.807, 2.05) is 27.7 Å². The molecule has 2 unspecified atom stereocenters. The number of rotatable bonds is 5. The second-order valence-corrected chi connectivity index (χ2v) is 7.84. The van der Waals surface area contributed by atoms with E-state index in [-0.39, 0.29) is 22.9 Å². The van der Waals surface area contributed by atoms with E-state index in [9.17, 15) is 4.21 Å². The summed E-state index contributed by atoms with van der Waals surface area (Å²) < 4.78 is 25.9. The maximum absolute atomic E-state index is 12.1. The van der Waals surface area contributed by atoms with Crippen LogP contribution in [-0.4, -0.2) is 27.1 Å². The first-order valence-corrected chi connectivity index (χ1v) is 7.32. The van der Waals surface area contributed by atoms with Gasteiger partial charge in [0.15, 0.2) is 12.6 Å². The normalized spacial score (nSPS) is 30.5. The van der Waals surface area contributed by atoms with Crippen LogP contribution in [0.3, 0.4) is 0 Å². The molecule has 0 aromatic carbocycles. The van der Waals surface area contributed by atoms with E-state index in [1.54, 1.807) is 0 Å². The fourth-order valence-corrected chi connectivity index (χ4v) is 2.52. The molecule has 1 rings (SSSR count). The molecule has 0 spiro atoms. The molecule has 17 heavy (non-hydrogen) atoms. The van der Waals surface area contributed by atoms with Crippen LogP contribution in [0.25, 0.3) is 0 Å². The number of ether oxygens (including phenoxy) is 2. The Kier molecular flexibility index (Phi) is 4.74. The first kappa shape index (κ1) is 15.1. The lowest BCUT2D eigenvalue weighted by Gasteiger charge is -2.40. The first-order chi connectivity index (χ1) is 7.66. The molecule has 5 heteroatoms. The lowest BCUT2D eigenvalue weighted by atomic mass is 9.95. The predicted octanol–water partition coefficient (Wildman–Crippen LogP) is 2.32. The summed E-state index contributed by atoms with van der Waals surface area (Å²) >= 11 is 0. The van der Waals surface area contributed by atoms with Crippen molar-refractivity contribution in [3.05, 3.63) is 0 Å². The summed E-state index contributed by atoms with van der Waals surface area (Å²) in [4.78, 5) is 0. The van der Waals surface area contributed by atoms with Crippen LogP contribution >= 0.6 is 0 Å². The maximum atomic E-state index is 12.1. The van der Waals surface area contributed by atoms with Crippen molar-refractivity contribution in [1.82, 2.24) is 4.72 Å². The smallest absolute Gasteiger partial charge is 0.165 e. The Balaban J connectivity index is 2.53. The van der Waals surface area contributed by atoms with Gasteiger partial charge in [0.05, 0.1) is 15.7 Å². The van der Waals surface area contributed by atoms with Gasteiger partial charge in [0.1, 0.15) is 0 Å². The molecule has 0 aliphatic carbocycles. The Morgan fingerprint density at radius 2 is 1.76 bits per heavy atom. The third-order valence-corrected chi connectivity index (χ3v) is 4.77. The molecule has 0 aromatic heterocycles. The van der Waals surface area contributed by atoms with Crippen molar-refractivity contribution in [2.24, 2.45) is 0 Å². The minimum atomic E-state index is -1.07. The molecular formula is C12H25NO3S. The lowest BCUT2D eigenvalue weighted by molar-refractivity contribution is -0.380. The summed E-state index contributed by atoms with van der Waals surface area (Å²) in [6, 6.07) is 0. The molecule has 1 heterocycles. The van der Waals surface area contributed by atoms with Gasteiger partial charge < -0.3 is 9.47 Å². The summed E-state index contributed by atoms with van der Waals surface area (Å²) in [6.07, 6.45) is 1.33. The van der Waals surface area contributed by atoms with Crippen molar-refractivity contribution >= 4 is 11.0 Å². The molecule has 1 N–H and O–H groups in total. The van der Waals surface area contributed by atoms with E-state index >= 15 is 0 Å². The molecule has 1 aliphatic heterocycles. The summed E-state index contributed by atoms with van der Waals surface area (Å²) in [5, 5.41) is 0. The van der Waals surface area contributed by atoms with Gasteiger partial charge in [-0.1, -0.05) is 6.92 Å². The highest BCUT2D eigenvalue weighted by Gasteiger charge is 2.37. The summed E-state index contributed by atoms with van der Waals surface area (Å²) in [7, 11) is -1.07. The highest BCUT2D eigenvalue weighted by Crippen LogP contribution is 2.28. The molecule has 0 aromatic rings. The number of nitrogens with one attached hydrogen (secondary N) is 1. The molecule has 0 bridgehead atoms. The minimum absolute atomic E-state index is 0.103. The third kappa shape index (κ3) is 4.32. The standard InChI is InChI=1S/C12H25NO3S/c1-7-12(6,8-10-15-9(2)16-10)13-17(14)11(3,4)5/h9-10,13H,7-8H2,1-6H3. The molecule has 0 saturated carbocycles. The largest absolute Gasteiger partial charge is 0.324 e. The molecule has 4 nitrogen and oxygen atoms in total. The molecule has 1 fully saturated rings. The van der Waals surface area contributed by atoms with E-state index in [0.717, 1.165) is 12.8 Å². The van der Waals surface area contributed by atoms with Gasteiger partial charge in [0.25, 0.3) is 0 Å². The molecule has 0 radical (unpaired) electrons. The Morgan fingerprint density at radius 1 is 1.24 bits per heavy atom. The van der Waals surface area contributed by atoms with Crippen LogP contribution in [-0.2, 0) is 20.5 Å². The summed E-state index contributed by atoms with van der Waals surface area (Å²) in [5.41, 5.74) is -0.219. The Morgan fingerprint density at radius 3 is 2.12 bits per heavy atom. The fraction of sp³-hybridized carbons (Fsp3) is 1.00. The van der Waals surface area contributed by atoms with Crippen molar-refractivity contribution in [3.63, 3.8) is 0 Å². The fourth-order valence-electron chi connectivity index (χ4n) is 1.54. The monoisotopic (exact) mass is 263 g/mol. The number of hydrogen-bond donors (Lipinski definition) is 1. The Bertz CT molecular complexity index is 284. The first-order valence-electron chi connectivity index (χ1n) is 6.17. The maximum Gasteiger partial charge on any atom is 0.165 e. The van der Waals surface area contributed by atoms with Crippen molar-refractivity contribution in [3.8, 4) is 0 Å². The van der Waals surface area contributed by atoms with Gasteiger partial charge in [0.2, 0.25) is 0 Å². The Hall–Kier alpha value is 0.0300. The second kappa shape index (κ2) is 5.34. The van der Waals surface area contributed by atoms with E-state index in [4.69, 9.17) is 9.47 Å². The van der Waals surface area contributed by atoms with Crippen LogP contribution < -0.4 is 4.72 Å². The quantitative estimate of drug-likeness (QED) is 0.828. The highest BCUT2D eigenvalue weighted by atomic mass is 32.2. The van der Waals surface area contributed by atoms with Gasteiger partial charge in [0, 0.05) is 12.0 Å². The number of hydrogen-bond acceptors (Lipinski definition) is 3. The zero-order chi connectivity index (χ0) is 13.3. The van der Waals surface area contributed by atoms with Gasteiger partial charge in [-0.25, -0.2) is 8.93 Å². The Labute approximate surface area is 107 Å². The third-order valence-electron chi connectivity index (χ3n) is 2.98. The van der Waals surface area contributed by atoms with Gasteiger partial charge in [-0.3, -0.25) is 0 Å². The van der Waals surface area contributed by atoms with E-state index in [1.165, 1.54) is 0 Å². The van der Waals surface area contributed by atoms with Crippen LogP contribution in [0, 0.1) is 0 Å². The van der Waals surface area contributed by atoms with Crippen LogP contribution in [0.4, 0.5) is 0 Å². The predicted molar refractivity (Wildman–Crippen MR) is 69.8 cm³/mol. The van der Waals surface area contributed by atoms with E-state index in [0.29, 0.717) is 0 Å². The molecular weight excluding hydrogens is 238 g/mol. The van der Waals surface area contributed by atoms with Crippen molar-refractivity contribution in [2.45, 2.75) is 77.3 Å². The van der Waals surface area contributed by atoms with Crippen LogP contribution in [0.15, 0.2) is 0 Å². The lowest BCUT2D eigenvalue weighted by Crippen LogP contribution is -2.53. The molecule has 0 amide bonds. The summed E-state index contributed by atoms with van der Waals surface area (Å²) in [5.74, 6) is 0. The highest BCUT2D eigenvalue weighted by molar-refractivity contribution is 7.84. The summed E-state index contributed by atoms with van der Waals surface area (Å²) in [6.45, 7) is 11.9. The average molecular weight is 263 g/mol. The SMILES string of the molecule is CCC(C)(CC1OC(C)O1)NS(=O)C(C)(C)C. The van der Waals surface area contributed by atoms with Gasteiger partial charge >= 0.3 is 0 Å². The van der Waals surface area contributed by atoms with Gasteiger partial charge in [-0.05, 0) is 41.0 Å². The van der Waals surface area contributed by atoms with E-state index < -0.39 is 11.0 Å². The van der Waals surface area contributed by atoms with Crippen molar-refractivity contribution < 1.29 is 13.7 Å². The molecule has 1 aliphatic rings. The van der Waals surface area contributed by atoms with Crippen molar-refractivity contribution in [1.29, 1.82) is 0 Å². The molecule has 102 valence electrons.